The number of nitrogens with zero attached hydrogens (tertiary/aromatic N) is 2. The lowest BCUT2D eigenvalue weighted by molar-refractivity contribution is -0.131. The van der Waals surface area contributed by atoms with Crippen LogP contribution in [0.15, 0.2) is 48.7 Å². The highest BCUT2D eigenvalue weighted by Crippen LogP contribution is 2.29. The fraction of sp³-hybridized carbons (Fsp3) is 0.300. The molecule has 1 fully saturated rings. The molecule has 4 rings (SSSR count). The van der Waals surface area contributed by atoms with Gasteiger partial charge in [0.25, 0.3) is 0 Å². The van der Waals surface area contributed by atoms with E-state index < -0.39 is 0 Å². The number of pyridine rings is 1. The lowest BCUT2D eigenvalue weighted by Gasteiger charge is -2.31. The van der Waals surface area contributed by atoms with Crippen LogP contribution in [0.4, 0.5) is 0 Å². The molecule has 2 aromatic heterocycles. The molecule has 0 aliphatic carbocycles. The summed E-state index contributed by atoms with van der Waals surface area (Å²) in [6.07, 6.45) is 4.20. The molecular formula is C20H20ClN3O. The first-order valence-electron chi connectivity index (χ1n) is 8.65. The van der Waals surface area contributed by atoms with Crippen molar-refractivity contribution in [1.29, 1.82) is 0 Å². The van der Waals surface area contributed by atoms with Gasteiger partial charge in [0, 0.05) is 35.9 Å². The number of rotatable bonds is 3. The molecular weight excluding hydrogens is 334 g/mol. The number of amides is 1. The molecule has 0 bridgehead atoms. The Morgan fingerprint density at radius 3 is 2.80 bits per heavy atom. The molecule has 128 valence electrons. The van der Waals surface area contributed by atoms with E-state index in [1.165, 1.54) is 5.69 Å². The summed E-state index contributed by atoms with van der Waals surface area (Å²) >= 11 is 6.00. The zero-order chi connectivity index (χ0) is 17.2. The summed E-state index contributed by atoms with van der Waals surface area (Å²) in [5, 5.41) is 0.677. The Labute approximate surface area is 151 Å². The van der Waals surface area contributed by atoms with Gasteiger partial charge in [0.1, 0.15) is 0 Å². The van der Waals surface area contributed by atoms with Crippen molar-refractivity contribution in [1.82, 2.24) is 14.9 Å². The second kappa shape index (κ2) is 6.89. The van der Waals surface area contributed by atoms with Gasteiger partial charge in [-0.25, -0.2) is 0 Å². The fourth-order valence-corrected chi connectivity index (χ4v) is 3.78. The topological polar surface area (TPSA) is 49.0 Å². The van der Waals surface area contributed by atoms with Crippen LogP contribution < -0.4 is 0 Å². The van der Waals surface area contributed by atoms with Gasteiger partial charge in [-0.05, 0) is 48.7 Å². The number of H-pyrrole nitrogens is 1. The monoisotopic (exact) mass is 353 g/mol. The fourth-order valence-electron chi connectivity index (χ4n) is 3.57. The third-order valence-electron chi connectivity index (χ3n) is 4.94. The van der Waals surface area contributed by atoms with Gasteiger partial charge in [-0.2, -0.15) is 0 Å². The van der Waals surface area contributed by atoms with Gasteiger partial charge in [-0.3, -0.25) is 9.78 Å². The van der Waals surface area contributed by atoms with E-state index in [1.807, 2.05) is 41.4 Å². The largest absolute Gasteiger partial charge is 0.357 e. The number of fused-ring (bicyclic) bond motifs is 1. The van der Waals surface area contributed by atoms with E-state index in [1.54, 1.807) is 0 Å². The van der Waals surface area contributed by atoms with Gasteiger partial charge in [-0.15, -0.1) is 0 Å². The number of hydrogen-bond acceptors (Lipinski definition) is 2. The van der Waals surface area contributed by atoms with Crippen LogP contribution in [-0.2, 0) is 11.2 Å². The van der Waals surface area contributed by atoms with E-state index in [2.05, 4.69) is 22.1 Å². The first kappa shape index (κ1) is 16.2. The summed E-state index contributed by atoms with van der Waals surface area (Å²) in [4.78, 5) is 22.4. The quantitative estimate of drug-likeness (QED) is 0.768. The smallest absolute Gasteiger partial charge is 0.226 e. The summed E-state index contributed by atoms with van der Waals surface area (Å²) in [5.41, 5.74) is 4.30. The van der Waals surface area contributed by atoms with Crippen molar-refractivity contribution in [2.75, 3.05) is 13.1 Å². The number of likely N-dealkylation sites (tertiary alicyclic amines) is 1. The highest BCUT2D eigenvalue weighted by atomic mass is 35.5. The van der Waals surface area contributed by atoms with Crippen LogP contribution in [0.5, 0.6) is 0 Å². The number of aromatic amines is 1. The summed E-state index contributed by atoms with van der Waals surface area (Å²) in [7, 11) is 0. The molecule has 1 aliphatic rings. The third kappa shape index (κ3) is 3.54. The van der Waals surface area contributed by atoms with Gasteiger partial charge >= 0.3 is 0 Å². The van der Waals surface area contributed by atoms with Crippen LogP contribution in [0.2, 0.25) is 5.02 Å². The Morgan fingerprint density at radius 2 is 2.04 bits per heavy atom. The first-order chi connectivity index (χ1) is 12.2. The minimum absolute atomic E-state index is 0.180. The predicted molar refractivity (Wildman–Crippen MR) is 99.8 cm³/mol. The molecule has 0 spiro atoms. The van der Waals surface area contributed by atoms with Crippen molar-refractivity contribution >= 4 is 28.5 Å². The molecule has 4 nitrogen and oxygen atoms in total. The maximum absolute atomic E-state index is 12.5. The molecule has 5 heteroatoms. The summed E-state index contributed by atoms with van der Waals surface area (Å²) in [6, 6.07) is 13.7. The van der Waals surface area contributed by atoms with Gasteiger partial charge in [0.05, 0.1) is 17.5 Å². The molecule has 3 aromatic rings. The number of carbonyl (C=O) groups is 1. The van der Waals surface area contributed by atoms with Crippen molar-refractivity contribution in [3.63, 3.8) is 0 Å². The number of nitrogens with one attached hydrogen (secondary N) is 1. The average molecular weight is 354 g/mol. The van der Waals surface area contributed by atoms with E-state index in [0.29, 0.717) is 17.4 Å². The minimum Gasteiger partial charge on any atom is -0.357 e. The summed E-state index contributed by atoms with van der Waals surface area (Å²) in [6.45, 7) is 1.60. The van der Waals surface area contributed by atoms with Crippen molar-refractivity contribution in [3.05, 3.63) is 64.9 Å². The van der Waals surface area contributed by atoms with E-state index >= 15 is 0 Å². The Balaban J connectivity index is 1.38. The number of aromatic nitrogens is 2. The van der Waals surface area contributed by atoms with Crippen LogP contribution >= 0.6 is 11.6 Å². The number of hydrogen-bond donors (Lipinski definition) is 1. The standard InChI is InChI=1S/C20H20ClN3O/c21-16-4-1-3-14(11-16)12-20(25)24-9-6-15(7-10-24)18-13-19-17(23-18)5-2-8-22-19/h1-5,8,11,13,15,23H,6-7,9-10,12H2. The van der Waals surface area contributed by atoms with Crippen molar-refractivity contribution in [2.24, 2.45) is 0 Å². The lowest BCUT2D eigenvalue weighted by atomic mass is 9.93. The Hall–Kier alpha value is -2.33. The number of piperidine rings is 1. The second-order valence-corrected chi connectivity index (χ2v) is 7.06. The molecule has 0 saturated carbocycles. The first-order valence-corrected chi connectivity index (χ1v) is 9.03. The molecule has 3 heterocycles. The van der Waals surface area contributed by atoms with Crippen molar-refractivity contribution in [2.45, 2.75) is 25.2 Å². The molecule has 1 N–H and O–H groups in total. The molecule has 1 saturated heterocycles. The zero-order valence-electron chi connectivity index (χ0n) is 13.9. The molecule has 0 unspecified atom stereocenters. The SMILES string of the molecule is O=C(Cc1cccc(Cl)c1)N1CCC(c2cc3ncccc3[nH]2)CC1. The highest BCUT2D eigenvalue weighted by Gasteiger charge is 2.25. The number of halogens is 1. The molecule has 1 aromatic carbocycles. The highest BCUT2D eigenvalue weighted by molar-refractivity contribution is 6.30. The Morgan fingerprint density at radius 1 is 1.20 bits per heavy atom. The van der Waals surface area contributed by atoms with Gasteiger partial charge in [-0.1, -0.05) is 23.7 Å². The lowest BCUT2D eigenvalue weighted by Crippen LogP contribution is -2.38. The predicted octanol–water partition coefficient (Wildman–Crippen LogP) is 4.17. The summed E-state index contributed by atoms with van der Waals surface area (Å²) in [5.74, 6) is 0.642. The molecule has 0 atom stereocenters. The third-order valence-corrected chi connectivity index (χ3v) is 5.18. The van der Waals surface area contributed by atoms with E-state index in [4.69, 9.17) is 11.6 Å². The van der Waals surface area contributed by atoms with Crippen LogP contribution in [-0.4, -0.2) is 33.9 Å². The molecule has 1 amide bonds. The zero-order valence-corrected chi connectivity index (χ0v) is 14.7. The second-order valence-electron chi connectivity index (χ2n) is 6.62. The Bertz CT molecular complexity index is 864. The maximum Gasteiger partial charge on any atom is 0.226 e. The van der Waals surface area contributed by atoms with E-state index in [0.717, 1.165) is 42.5 Å². The van der Waals surface area contributed by atoms with Crippen molar-refractivity contribution in [3.8, 4) is 0 Å². The number of benzene rings is 1. The summed E-state index contributed by atoms with van der Waals surface area (Å²) < 4.78 is 0. The van der Waals surface area contributed by atoms with Crippen molar-refractivity contribution < 1.29 is 4.79 Å². The van der Waals surface area contributed by atoms with E-state index in [-0.39, 0.29) is 5.91 Å². The van der Waals surface area contributed by atoms with Gasteiger partial charge < -0.3 is 9.88 Å². The Kier molecular flexibility index (Phi) is 4.45. The molecule has 25 heavy (non-hydrogen) atoms. The normalized spacial score (nSPS) is 15.6. The van der Waals surface area contributed by atoms with E-state index in [9.17, 15) is 4.79 Å². The minimum atomic E-state index is 0.180. The molecule has 1 aliphatic heterocycles. The van der Waals surface area contributed by atoms with Crippen LogP contribution in [0.3, 0.4) is 0 Å². The van der Waals surface area contributed by atoms with Crippen LogP contribution in [0.25, 0.3) is 11.0 Å². The van der Waals surface area contributed by atoms with Gasteiger partial charge in [0.2, 0.25) is 5.91 Å². The number of carbonyl (C=O) groups excluding carboxylic acids is 1. The van der Waals surface area contributed by atoms with Crippen LogP contribution in [0, 0.1) is 0 Å². The average Bonchev–Trinajstić information content (AvgIpc) is 3.06. The maximum atomic E-state index is 12.5. The van der Waals surface area contributed by atoms with Gasteiger partial charge in [0.15, 0.2) is 0 Å². The molecule has 0 radical (unpaired) electrons. The van der Waals surface area contributed by atoms with Crippen LogP contribution in [0.1, 0.15) is 30.0 Å².